The van der Waals surface area contributed by atoms with Gasteiger partial charge in [0.1, 0.15) is 10.7 Å². The molecule has 0 saturated carbocycles. The third-order valence-corrected chi connectivity index (χ3v) is 7.82. The van der Waals surface area contributed by atoms with Gasteiger partial charge in [0.15, 0.2) is 0 Å². The van der Waals surface area contributed by atoms with Crippen molar-refractivity contribution in [2.45, 2.75) is 0 Å². The molecule has 0 fully saturated rings. The molecule has 9 heteroatoms. The standard InChI is InChI=1S/C23H12BrClFN3OS2/c24-14-7-5-13(6-8-14)12-27-29(23-28-17-10-9-15(26)11-19(17)32-23)22(30)21-20(25)16-3-1-2-4-18(16)31-21/h1-12H/b27-12+. The third kappa shape index (κ3) is 4.06. The maximum Gasteiger partial charge on any atom is 0.292 e. The Bertz CT molecular complexity index is 1500. The second kappa shape index (κ2) is 8.71. The van der Waals surface area contributed by atoms with E-state index in [4.69, 9.17) is 11.6 Å². The Kier molecular flexibility index (Phi) is 5.77. The summed E-state index contributed by atoms with van der Waals surface area (Å²) >= 11 is 12.5. The lowest BCUT2D eigenvalue weighted by molar-refractivity contribution is 0.0992. The molecule has 0 aliphatic heterocycles. The van der Waals surface area contributed by atoms with E-state index < -0.39 is 5.91 Å². The number of fused-ring (bicyclic) bond motifs is 2. The summed E-state index contributed by atoms with van der Waals surface area (Å²) in [4.78, 5) is 18.5. The predicted molar refractivity (Wildman–Crippen MR) is 135 cm³/mol. The van der Waals surface area contributed by atoms with Crippen LogP contribution >= 0.6 is 50.2 Å². The van der Waals surface area contributed by atoms with Crippen molar-refractivity contribution >= 4 is 87.8 Å². The van der Waals surface area contributed by atoms with Crippen LogP contribution in [0.5, 0.6) is 0 Å². The summed E-state index contributed by atoms with van der Waals surface area (Å²) in [5.41, 5.74) is 1.39. The number of thiophene rings is 1. The molecule has 32 heavy (non-hydrogen) atoms. The average Bonchev–Trinajstić information content (AvgIpc) is 3.36. The third-order valence-electron chi connectivity index (χ3n) is 4.63. The van der Waals surface area contributed by atoms with Gasteiger partial charge in [-0.15, -0.1) is 11.3 Å². The minimum Gasteiger partial charge on any atom is -0.266 e. The Balaban J connectivity index is 1.61. The van der Waals surface area contributed by atoms with E-state index in [2.05, 4.69) is 26.0 Å². The van der Waals surface area contributed by atoms with Crippen LogP contribution in [0.3, 0.4) is 0 Å². The Morgan fingerprint density at radius 1 is 1.06 bits per heavy atom. The summed E-state index contributed by atoms with van der Waals surface area (Å²) in [6.45, 7) is 0. The van der Waals surface area contributed by atoms with E-state index in [1.807, 2.05) is 48.5 Å². The molecule has 0 aliphatic carbocycles. The fraction of sp³-hybridized carbons (Fsp3) is 0. The van der Waals surface area contributed by atoms with Gasteiger partial charge in [-0.3, -0.25) is 4.79 Å². The van der Waals surface area contributed by atoms with Gasteiger partial charge in [0.05, 0.1) is 21.5 Å². The predicted octanol–water partition coefficient (Wildman–Crippen LogP) is 7.75. The molecule has 158 valence electrons. The van der Waals surface area contributed by atoms with Gasteiger partial charge in [-0.05, 0) is 42.0 Å². The van der Waals surface area contributed by atoms with E-state index in [9.17, 15) is 9.18 Å². The van der Waals surface area contributed by atoms with Crippen molar-refractivity contribution in [3.8, 4) is 0 Å². The van der Waals surface area contributed by atoms with Crippen LogP contribution in [0, 0.1) is 5.82 Å². The van der Waals surface area contributed by atoms with Crippen LogP contribution in [-0.4, -0.2) is 17.1 Å². The topological polar surface area (TPSA) is 45.6 Å². The summed E-state index contributed by atoms with van der Waals surface area (Å²) in [5.74, 6) is -0.763. The Morgan fingerprint density at radius 2 is 1.84 bits per heavy atom. The number of aromatic nitrogens is 1. The zero-order valence-corrected chi connectivity index (χ0v) is 20.1. The Morgan fingerprint density at radius 3 is 2.62 bits per heavy atom. The van der Waals surface area contributed by atoms with Gasteiger partial charge in [-0.1, -0.05) is 69.2 Å². The maximum absolute atomic E-state index is 13.7. The van der Waals surface area contributed by atoms with Gasteiger partial charge in [0.2, 0.25) is 5.13 Å². The second-order valence-corrected chi connectivity index (χ2v) is 10.1. The molecule has 4 nitrogen and oxygen atoms in total. The van der Waals surface area contributed by atoms with Gasteiger partial charge in [-0.2, -0.15) is 10.1 Å². The largest absolute Gasteiger partial charge is 0.292 e. The van der Waals surface area contributed by atoms with Crippen LogP contribution in [-0.2, 0) is 0 Å². The maximum atomic E-state index is 13.7. The zero-order valence-electron chi connectivity index (χ0n) is 16.1. The summed E-state index contributed by atoms with van der Waals surface area (Å²) in [7, 11) is 0. The first-order valence-electron chi connectivity index (χ1n) is 9.37. The Labute approximate surface area is 203 Å². The van der Waals surface area contributed by atoms with E-state index in [-0.39, 0.29) is 5.82 Å². The highest BCUT2D eigenvalue weighted by Gasteiger charge is 2.26. The van der Waals surface area contributed by atoms with E-state index in [0.717, 1.165) is 20.1 Å². The fourth-order valence-corrected chi connectivity index (χ4v) is 5.74. The number of thiazole rings is 1. The first-order valence-corrected chi connectivity index (χ1v) is 12.2. The van der Waals surface area contributed by atoms with Crippen LogP contribution in [0.15, 0.2) is 76.3 Å². The van der Waals surface area contributed by atoms with Crippen molar-refractivity contribution in [1.82, 2.24) is 4.98 Å². The number of anilines is 1. The first kappa shape index (κ1) is 21.2. The number of amides is 1. The number of carbonyl (C=O) groups is 1. The smallest absolute Gasteiger partial charge is 0.266 e. The molecule has 2 heterocycles. The molecule has 1 amide bonds. The molecular formula is C23H12BrClFN3OS2. The average molecular weight is 545 g/mol. The van der Waals surface area contributed by atoms with Gasteiger partial charge in [0, 0.05) is 14.6 Å². The SMILES string of the molecule is O=C(c1sc2ccccc2c1Cl)N(/N=C/c1ccc(Br)cc1)c1nc2ccc(F)cc2s1. The van der Waals surface area contributed by atoms with Crippen molar-refractivity contribution in [3.63, 3.8) is 0 Å². The number of benzene rings is 3. The molecule has 5 aromatic rings. The first-order chi connectivity index (χ1) is 15.5. The number of nitrogens with zero attached hydrogens (tertiary/aromatic N) is 3. The van der Waals surface area contributed by atoms with E-state index in [1.165, 1.54) is 39.8 Å². The number of rotatable bonds is 4. The molecule has 0 saturated heterocycles. The second-order valence-electron chi connectivity index (χ2n) is 6.76. The van der Waals surface area contributed by atoms with E-state index >= 15 is 0 Å². The number of hydrogen-bond donors (Lipinski definition) is 0. The van der Waals surface area contributed by atoms with E-state index in [0.29, 0.717) is 25.2 Å². The van der Waals surface area contributed by atoms with Crippen molar-refractivity contribution in [1.29, 1.82) is 0 Å². The highest BCUT2D eigenvalue weighted by atomic mass is 79.9. The van der Waals surface area contributed by atoms with Crippen molar-refractivity contribution in [2.75, 3.05) is 5.01 Å². The molecule has 0 radical (unpaired) electrons. The van der Waals surface area contributed by atoms with Crippen LogP contribution in [0.25, 0.3) is 20.3 Å². The van der Waals surface area contributed by atoms with Gasteiger partial charge in [0.25, 0.3) is 5.91 Å². The molecule has 0 spiro atoms. The lowest BCUT2D eigenvalue weighted by Gasteiger charge is -2.13. The number of hydrazone groups is 1. The van der Waals surface area contributed by atoms with Crippen molar-refractivity contribution in [3.05, 3.63) is 92.5 Å². The van der Waals surface area contributed by atoms with Crippen molar-refractivity contribution in [2.24, 2.45) is 5.10 Å². The molecule has 0 atom stereocenters. The minimum absolute atomic E-state index is 0.331. The normalized spacial score (nSPS) is 11.6. The quantitative estimate of drug-likeness (QED) is 0.172. The highest BCUT2D eigenvalue weighted by Crippen LogP contribution is 2.38. The van der Waals surface area contributed by atoms with Gasteiger partial charge in [-0.25, -0.2) is 9.37 Å². The lowest BCUT2D eigenvalue weighted by Crippen LogP contribution is -2.25. The number of hydrogen-bond acceptors (Lipinski definition) is 5. The molecule has 3 aromatic carbocycles. The van der Waals surface area contributed by atoms with Crippen LogP contribution in [0.2, 0.25) is 5.02 Å². The van der Waals surface area contributed by atoms with Gasteiger partial charge >= 0.3 is 0 Å². The lowest BCUT2D eigenvalue weighted by atomic mass is 10.2. The molecule has 0 N–H and O–H groups in total. The molecule has 0 aliphatic rings. The molecule has 0 unspecified atom stereocenters. The van der Waals surface area contributed by atoms with Crippen LogP contribution in [0.1, 0.15) is 15.2 Å². The molecule has 2 aromatic heterocycles. The monoisotopic (exact) mass is 543 g/mol. The summed E-state index contributed by atoms with van der Waals surface area (Å²) in [6, 6.07) is 19.4. The van der Waals surface area contributed by atoms with Gasteiger partial charge < -0.3 is 0 Å². The fourth-order valence-electron chi connectivity index (χ4n) is 3.09. The summed E-state index contributed by atoms with van der Waals surface area (Å²) in [5, 5.41) is 7.19. The van der Waals surface area contributed by atoms with Crippen LogP contribution < -0.4 is 5.01 Å². The summed E-state index contributed by atoms with van der Waals surface area (Å²) in [6.07, 6.45) is 1.58. The Hall–Kier alpha value is -2.65. The zero-order chi connectivity index (χ0) is 22.2. The van der Waals surface area contributed by atoms with Crippen LogP contribution in [0.4, 0.5) is 9.52 Å². The van der Waals surface area contributed by atoms with E-state index in [1.54, 1.807) is 12.3 Å². The minimum atomic E-state index is -0.399. The van der Waals surface area contributed by atoms with Crippen molar-refractivity contribution < 1.29 is 9.18 Å². The molecule has 5 rings (SSSR count). The molecule has 0 bridgehead atoms. The number of halogens is 3. The summed E-state index contributed by atoms with van der Waals surface area (Å²) < 4.78 is 16.2. The molecular weight excluding hydrogens is 533 g/mol. The highest BCUT2D eigenvalue weighted by molar-refractivity contribution is 9.10. The number of carbonyl (C=O) groups excluding carboxylic acids is 1.